The number of amides is 1. The van der Waals surface area contributed by atoms with Gasteiger partial charge in [0, 0.05) is 48.5 Å². The fourth-order valence-corrected chi connectivity index (χ4v) is 4.78. The second-order valence-electron chi connectivity index (χ2n) is 10.0. The minimum Gasteiger partial charge on any atom is -0.382 e. The van der Waals surface area contributed by atoms with E-state index >= 15 is 0 Å². The molecule has 0 aliphatic carbocycles. The minimum absolute atomic E-state index is 0.0542. The molecule has 10 heteroatoms. The molecule has 5 N–H and O–H groups in total. The highest BCUT2D eigenvalue weighted by Crippen LogP contribution is 2.29. The van der Waals surface area contributed by atoms with Crippen LogP contribution in [0.1, 0.15) is 40.9 Å². The summed E-state index contributed by atoms with van der Waals surface area (Å²) >= 11 is 0. The molecule has 5 rings (SSSR count). The number of carbonyl (C=O) groups excluding carboxylic acids is 1. The maximum absolute atomic E-state index is 14.7. The molecule has 0 radical (unpaired) electrons. The van der Waals surface area contributed by atoms with Crippen molar-refractivity contribution in [1.82, 2.24) is 15.1 Å². The molecular weight excluding hydrogens is 521 g/mol. The fourth-order valence-electron chi connectivity index (χ4n) is 4.78. The van der Waals surface area contributed by atoms with Crippen molar-refractivity contribution in [2.75, 3.05) is 29.1 Å². The number of ether oxygens (including phenoxy) is 1. The van der Waals surface area contributed by atoms with Crippen LogP contribution >= 0.6 is 0 Å². The van der Waals surface area contributed by atoms with Crippen molar-refractivity contribution in [3.63, 3.8) is 0 Å². The maximum Gasteiger partial charge on any atom is 0.274 e. The molecule has 2 aromatic carbocycles. The number of hydrogen-bond acceptors (Lipinski definition) is 7. The van der Waals surface area contributed by atoms with Crippen LogP contribution < -0.4 is 21.3 Å². The van der Waals surface area contributed by atoms with Gasteiger partial charge >= 0.3 is 0 Å². The molecule has 212 valence electrons. The van der Waals surface area contributed by atoms with E-state index in [1.54, 1.807) is 38.4 Å². The molecule has 1 atom stereocenters. The van der Waals surface area contributed by atoms with Crippen LogP contribution in [0.5, 0.6) is 0 Å². The number of aryl methyl sites for hydroxylation is 2. The van der Waals surface area contributed by atoms with Crippen LogP contribution in [0.25, 0.3) is 0 Å². The van der Waals surface area contributed by atoms with Gasteiger partial charge in [0.25, 0.3) is 5.91 Å². The Labute approximate surface area is 238 Å². The molecule has 1 unspecified atom stereocenters. The summed E-state index contributed by atoms with van der Waals surface area (Å²) in [6, 6.07) is 10.1. The predicted octanol–water partition coefficient (Wildman–Crippen LogP) is 5.77. The zero-order valence-corrected chi connectivity index (χ0v) is 23.1. The summed E-state index contributed by atoms with van der Waals surface area (Å²) in [5.74, 6) is -0.988. The smallest absolute Gasteiger partial charge is 0.274 e. The molecule has 0 saturated carbocycles. The summed E-state index contributed by atoms with van der Waals surface area (Å²) in [6.45, 7) is 3.23. The lowest BCUT2D eigenvalue weighted by Gasteiger charge is -2.26. The zero-order valence-electron chi connectivity index (χ0n) is 23.1. The van der Waals surface area contributed by atoms with E-state index in [-0.39, 0.29) is 11.9 Å². The third-order valence-corrected chi connectivity index (χ3v) is 6.91. The van der Waals surface area contributed by atoms with Crippen molar-refractivity contribution < 1.29 is 13.9 Å². The van der Waals surface area contributed by atoms with E-state index in [1.165, 1.54) is 10.7 Å². The van der Waals surface area contributed by atoms with Crippen LogP contribution in [0.15, 0.2) is 78.7 Å². The van der Waals surface area contributed by atoms with Gasteiger partial charge in [0.1, 0.15) is 17.7 Å². The summed E-state index contributed by atoms with van der Waals surface area (Å²) in [5.41, 5.74) is 5.22. The van der Waals surface area contributed by atoms with Crippen LogP contribution in [-0.4, -0.2) is 40.8 Å². The minimum atomic E-state index is -0.547. The van der Waals surface area contributed by atoms with Gasteiger partial charge in [-0.2, -0.15) is 5.10 Å². The number of dihydropyridines is 1. The van der Waals surface area contributed by atoms with Crippen molar-refractivity contribution in [3.8, 4) is 0 Å². The molecule has 1 saturated heterocycles. The lowest BCUT2D eigenvalue weighted by molar-refractivity contribution is 0.0343. The first kappa shape index (κ1) is 27.9. The summed E-state index contributed by atoms with van der Waals surface area (Å²) in [6.07, 6.45) is 14.1. The van der Waals surface area contributed by atoms with E-state index in [0.717, 1.165) is 48.4 Å². The number of anilines is 4. The van der Waals surface area contributed by atoms with E-state index in [4.69, 9.17) is 10.1 Å². The molecular formula is C31H34FN7O2. The van der Waals surface area contributed by atoms with Crippen LogP contribution in [0.3, 0.4) is 0 Å². The summed E-state index contributed by atoms with van der Waals surface area (Å²) in [4.78, 5) is 12.8. The van der Waals surface area contributed by atoms with E-state index in [0.29, 0.717) is 29.3 Å². The first-order valence-corrected chi connectivity index (χ1v) is 13.6. The molecule has 2 aliphatic rings. The van der Waals surface area contributed by atoms with Crippen molar-refractivity contribution in [3.05, 3.63) is 101 Å². The Morgan fingerprint density at radius 1 is 1.20 bits per heavy atom. The summed E-state index contributed by atoms with van der Waals surface area (Å²) in [5, 5.41) is 25.5. The van der Waals surface area contributed by atoms with Gasteiger partial charge < -0.3 is 31.4 Å². The topological polar surface area (TPSA) is 116 Å². The van der Waals surface area contributed by atoms with Crippen molar-refractivity contribution in [2.45, 2.75) is 32.4 Å². The monoisotopic (exact) mass is 555 g/mol. The number of benzene rings is 2. The average Bonchev–Trinajstić information content (AvgIpc) is 3.32. The standard InChI is InChI=1S/C31H34FN7O2/c1-20-19-35-39(2)30(20)31(40)38-28-18-23(10-13-25(28)32)36-22-9-12-24(26(33)14-11-21-7-3-5-15-34-21)27(17-22)37-29-8-4-6-16-41-29/h3,5,7,9-14,17-19,29,33-34,36-37H,4,6,8,15-16H2,1-2H3,(H,38,40)/b14-11+,33-26?. The van der Waals surface area contributed by atoms with Crippen LogP contribution in [0, 0.1) is 18.2 Å². The molecule has 41 heavy (non-hydrogen) atoms. The molecule has 1 aromatic heterocycles. The third-order valence-electron chi connectivity index (χ3n) is 6.91. The molecule has 1 fully saturated rings. The van der Waals surface area contributed by atoms with Crippen LogP contribution in [0.2, 0.25) is 0 Å². The average molecular weight is 556 g/mol. The van der Waals surface area contributed by atoms with Gasteiger partial charge in [-0.05, 0) is 86.4 Å². The number of allylic oxidation sites excluding steroid dienone is 4. The second-order valence-corrected chi connectivity index (χ2v) is 10.0. The van der Waals surface area contributed by atoms with Crippen molar-refractivity contribution in [1.29, 1.82) is 5.41 Å². The number of hydrogen-bond donors (Lipinski definition) is 5. The molecule has 2 aliphatic heterocycles. The molecule has 3 aromatic rings. The third kappa shape index (κ3) is 6.90. The number of aromatic nitrogens is 2. The van der Waals surface area contributed by atoms with Crippen LogP contribution in [0.4, 0.5) is 27.1 Å². The number of halogens is 1. The fraction of sp³-hybridized carbons (Fsp3) is 0.258. The Bertz CT molecular complexity index is 1510. The Kier molecular flexibility index (Phi) is 8.59. The number of nitrogens with zero attached hydrogens (tertiary/aromatic N) is 2. The Morgan fingerprint density at radius 2 is 2.00 bits per heavy atom. The van der Waals surface area contributed by atoms with E-state index in [1.807, 2.05) is 42.5 Å². The SMILES string of the molecule is Cc1cnn(C)c1C(=O)Nc1cc(Nc2ccc(C(=N)/C=C/C3=CC=CCN3)c(NC3CCCCO3)c2)ccc1F. The van der Waals surface area contributed by atoms with Gasteiger partial charge in [-0.15, -0.1) is 0 Å². The molecule has 0 bridgehead atoms. The number of carbonyl (C=O) groups is 1. The Balaban J connectivity index is 1.37. The van der Waals surface area contributed by atoms with E-state index in [9.17, 15) is 9.18 Å². The first-order chi connectivity index (χ1) is 19.9. The molecule has 3 heterocycles. The quantitative estimate of drug-likeness (QED) is 0.214. The molecule has 9 nitrogen and oxygen atoms in total. The summed E-state index contributed by atoms with van der Waals surface area (Å²) in [7, 11) is 1.67. The highest BCUT2D eigenvalue weighted by atomic mass is 19.1. The van der Waals surface area contributed by atoms with Gasteiger partial charge in [0.15, 0.2) is 0 Å². The van der Waals surface area contributed by atoms with E-state index in [2.05, 4.69) is 26.4 Å². The highest BCUT2D eigenvalue weighted by Gasteiger charge is 2.18. The van der Waals surface area contributed by atoms with Gasteiger partial charge in [-0.1, -0.05) is 12.2 Å². The van der Waals surface area contributed by atoms with Crippen molar-refractivity contribution in [2.24, 2.45) is 7.05 Å². The lowest BCUT2D eigenvalue weighted by atomic mass is 10.0. The van der Waals surface area contributed by atoms with Crippen LogP contribution in [-0.2, 0) is 11.8 Å². The van der Waals surface area contributed by atoms with Gasteiger partial charge in [-0.25, -0.2) is 4.39 Å². The predicted molar refractivity (Wildman–Crippen MR) is 160 cm³/mol. The molecule has 1 amide bonds. The largest absolute Gasteiger partial charge is 0.382 e. The van der Waals surface area contributed by atoms with Gasteiger partial charge in [-0.3, -0.25) is 9.48 Å². The van der Waals surface area contributed by atoms with E-state index < -0.39 is 11.7 Å². The summed E-state index contributed by atoms with van der Waals surface area (Å²) < 4.78 is 22.0. The normalized spacial score (nSPS) is 16.7. The Morgan fingerprint density at radius 3 is 2.71 bits per heavy atom. The second kappa shape index (κ2) is 12.6. The zero-order chi connectivity index (χ0) is 28.8. The van der Waals surface area contributed by atoms with Gasteiger partial charge in [0.05, 0.1) is 17.6 Å². The first-order valence-electron chi connectivity index (χ1n) is 13.6. The number of rotatable bonds is 9. The van der Waals surface area contributed by atoms with Crippen molar-refractivity contribution >= 4 is 34.4 Å². The number of nitrogens with one attached hydrogen (secondary N) is 5. The lowest BCUT2D eigenvalue weighted by Crippen LogP contribution is -2.28. The Hall–Kier alpha value is -4.70. The van der Waals surface area contributed by atoms with Gasteiger partial charge in [0.2, 0.25) is 0 Å². The maximum atomic E-state index is 14.7. The molecule has 0 spiro atoms. The highest BCUT2D eigenvalue weighted by molar-refractivity contribution is 6.11.